The first-order valence-corrected chi connectivity index (χ1v) is 5.90. The van der Waals surface area contributed by atoms with Gasteiger partial charge in [-0.2, -0.15) is 0 Å². The SMILES string of the molecule is Nc1cccc(-c2nc3c(Br)cccn3n2)c1. The number of nitrogen functional groups attached to an aromatic ring is 1. The Morgan fingerprint density at radius 2 is 2.06 bits per heavy atom. The summed E-state index contributed by atoms with van der Waals surface area (Å²) in [6, 6.07) is 11.4. The standard InChI is InChI=1S/C12H9BrN4/c13-10-5-2-6-17-12(10)15-11(16-17)8-3-1-4-9(14)7-8/h1-7H,14H2. The lowest BCUT2D eigenvalue weighted by atomic mass is 10.2. The molecule has 2 aromatic heterocycles. The molecule has 2 heterocycles. The molecule has 17 heavy (non-hydrogen) atoms. The summed E-state index contributed by atoms with van der Waals surface area (Å²) in [5, 5.41) is 4.40. The third-order valence-electron chi connectivity index (χ3n) is 2.46. The number of pyridine rings is 1. The highest BCUT2D eigenvalue weighted by molar-refractivity contribution is 9.10. The van der Waals surface area contributed by atoms with Crippen LogP contribution in [-0.2, 0) is 0 Å². The quantitative estimate of drug-likeness (QED) is 0.701. The molecule has 3 aromatic rings. The lowest BCUT2D eigenvalue weighted by molar-refractivity contribution is 0.963. The third kappa shape index (κ3) is 1.78. The lowest BCUT2D eigenvalue weighted by Crippen LogP contribution is -1.87. The summed E-state index contributed by atoms with van der Waals surface area (Å²) >= 11 is 3.45. The maximum Gasteiger partial charge on any atom is 0.182 e. The van der Waals surface area contributed by atoms with Gasteiger partial charge in [0.15, 0.2) is 11.5 Å². The van der Waals surface area contributed by atoms with Gasteiger partial charge in [0.2, 0.25) is 0 Å². The van der Waals surface area contributed by atoms with Crippen LogP contribution in [0.5, 0.6) is 0 Å². The van der Waals surface area contributed by atoms with Gasteiger partial charge >= 0.3 is 0 Å². The zero-order valence-corrected chi connectivity index (χ0v) is 10.4. The highest BCUT2D eigenvalue weighted by Gasteiger charge is 2.08. The van der Waals surface area contributed by atoms with Gasteiger partial charge in [0.1, 0.15) is 0 Å². The van der Waals surface area contributed by atoms with Gasteiger partial charge in [-0.25, -0.2) is 9.50 Å². The van der Waals surface area contributed by atoms with E-state index < -0.39 is 0 Å². The molecule has 2 N–H and O–H groups in total. The summed E-state index contributed by atoms with van der Waals surface area (Å²) in [5.41, 5.74) is 8.17. The Kier molecular flexibility index (Phi) is 2.33. The molecule has 84 valence electrons. The molecule has 4 nitrogen and oxygen atoms in total. The van der Waals surface area contributed by atoms with Crippen molar-refractivity contribution in [1.29, 1.82) is 0 Å². The van der Waals surface area contributed by atoms with Gasteiger partial charge in [0.05, 0.1) is 4.47 Å². The van der Waals surface area contributed by atoms with Gasteiger partial charge in [-0.1, -0.05) is 12.1 Å². The first kappa shape index (κ1) is 10.3. The van der Waals surface area contributed by atoms with Crippen LogP contribution < -0.4 is 5.73 Å². The van der Waals surface area contributed by atoms with E-state index >= 15 is 0 Å². The smallest absolute Gasteiger partial charge is 0.182 e. The molecule has 0 saturated heterocycles. The summed E-state index contributed by atoms with van der Waals surface area (Å²) < 4.78 is 2.66. The summed E-state index contributed by atoms with van der Waals surface area (Å²) in [6.07, 6.45) is 1.86. The molecule has 5 heteroatoms. The molecule has 0 spiro atoms. The average Bonchev–Trinajstić information content (AvgIpc) is 2.74. The lowest BCUT2D eigenvalue weighted by Gasteiger charge is -1.95. The molecule has 0 saturated carbocycles. The van der Waals surface area contributed by atoms with Gasteiger partial charge < -0.3 is 5.73 Å². The minimum Gasteiger partial charge on any atom is -0.399 e. The maximum absolute atomic E-state index is 5.75. The molecule has 0 bridgehead atoms. The Bertz CT molecular complexity index is 690. The van der Waals surface area contributed by atoms with Crippen LogP contribution in [0.2, 0.25) is 0 Å². The van der Waals surface area contributed by atoms with Crippen molar-refractivity contribution in [2.45, 2.75) is 0 Å². The molecular weight excluding hydrogens is 280 g/mol. The van der Waals surface area contributed by atoms with Gasteiger partial charge in [-0.15, -0.1) is 5.10 Å². The number of rotatable bonds is 1. The van der Waals surface area contributed by atoms with Gasteiger partial charge in [-0.3, -0.25) is 0 Å². The van der Waals surface area contributed by atoms with E-state index in [9.17, 15) is 0 Å². The number of aromatic nitrogens is 3. The first-order chi connectivity index (χ1) is 8.24. The number of nitrogens with two attached hydrogens (primary N) is 1. The van der Waals surface area contributed by atoms with Crippen LogP contribution in [0, 0.1) is 0 Å². The normalized spacial score (nSPS) is 10.9. The Morgan fingerprint density at radius 3 is 2.82 bits per heavy atom. The Labute approximate surface area is 106 Å². The van der Waals surface area contributed by atoms with Crippen LogP contribution in [0.15, 0.2) is 47.1 Å². The van der Waals surface area contributed by atoms with Crippen molar-refractivity contribution in [3.8, 4) is 11.4 Å². The van der Waals surface area contributed by atoms with E-state index in [4.69, 9.17) is 5.73 Å². The zero-order valence-electron chi connectivity index (χ0n) is 8.84. The largest absolute Gasteiger partial charge is 0.399 e. The number of fused-ring (bicyclic) bond motifs is 1. The topological polar surface area (TPSA) is 56.2 Å². The third-order valence-corrected chi connectivity index (χ3v) is 3.08. The van der Waals surface area contributed by atoms with E-state index in [1.807, 2.05) is 42.6 Å². The predicted molar refractivity (Wildman–Crippen MR) is 70.5 cm³/mol. The minimum absolute atomic E-state index is 0.671. The number of hydrogen-bond donors (Lipinski definition) is 1. The average molecular weight is 289 g/mol. The van der Waals surface area contributed by atoms with E-state index in [0.717, 1.165) is 15.7 Å². The van der Waals surface area contributed by atoms with E-state index in [2.05, 4.69) is 26.0 Å². The monoisotopic (exact) mass is 288 g/mol. The fourth-order valence-corrected chi connectivity index (χ4v) is 2.10. The van der Waals surface area contributed by atoms with Crippen LogP contribution >= 0.6 is 15.9 Å². The number of nitrogens with zero attached hydrogens (tertiary/aromatic N) is 3. The fraction of sp³-hybridized carbons (Fsp3) is 0. The highest BCUT2D eigenvalue weighted by atomic mass is 79.9. The van der Waals surface area contributed by atoms with Crippen LogP contribution in [0.1, 0.15) is 0 Å². The molecule has 0 aliphatic carbocycles. The van der Waals surface area contributed by atoms with E-state index in [1.165, 1.54) is 0 Å². The maximum atomic E-state index is 5.75. The van der Waals surface area contributed by atoms with Crippen molar-refractivity contribution in [2.75, 3.05) is 5.73 Å². The molecule has 0 atom stereocenters. The first-order valence-electron chi connectivity index (χ1n) is 5.11. The van der Waals surface area contributed by atoms with Crippen LogP contribution in [0.3, 0.4) is 0 Å². The molecule has 1 aromatic carbocycles. The summed E-state index contributed by atoms with van der Waals surface area (Å²) in [5.74, 6) is 0.671. The number of halogens is 1. The van der Waals surface area contributed by atoms with Crippen molar-refractivity contribution < 1.29 is 0 Å². The summed E-state index contributed by atoms with van der Waals surface area (Å²) in [7, 11) is 0. The molecule has 0 unspecified atom stereocenters. The van der Waals surface area contributed by atoms with Crippen LogP contribution in [0.25, 0.3) is 17.0 Å². The summed E-state index contributed by atoms with van der Waals surface area (Å²) in [6.45, 7) is 0. The zero-order chi connectivity index (χ0) is 11.8. The number of benzene rings is 1. The molecule has 0 aliphatic heterocycles. The second-order valence-corrected chi connectivity index (χ2v) is 4.54. The van der Waals surface area contributed by atoms with Crippen molar-refractivity contribution in [2.24, 2.45) is 0 Å². The summed E-state index contributed by atoms with van der Waals surface area (Å²) in [4.78, 5) is 4.47. The van der Waals surface area contributed by atoms with E-state index in [0.29, 0.717) is 11.5 Å². The predicted octanol–water partition coefficient (Wildman–Crippen LogP) is 2.74. The Balaban J connectivity index is 2.22. The molecule has 0 aliphatic rings. The van der Waals surface area contributed by atoms with Crippen molar-refractivity contribution in [1.82, 2.24) is 14.6 Å². The minimum atomic E-state index is 0.671. The van der Waals surface area contributed by atoms with Crippen LogP contribution in [-0.4, -0.2) is 14.6 Å². The van der Waals surface area contributed by atoms with Crippen molar-refractivity contribution >= 4 is 27.3 Å². The van der Waals surface area contributed by atoms with Gasteiger partial charge in [0, 0.05) is 17.4 Å². The molecule has 0 amide bonds. The van der Waals surface area contributed by atoms with Crippen molar-refractivity contribution in [3.63, 3.8) is 0 Å². The number of anilines is 1. The van der Waals surface area contributed by atoms with E-state index in [-0.39, 0.29) is 0 Å². The Morgan fingerprint density at radius 1 is 1.18 bits per heavy atom. The Hall–Kier alpha value is -1.88. The molecule has 3 rings (SSSR count). The second kappa shape index (κ2) is 3.85. The molecular formula is C12H9BrN4. The van der Waals surface area contributed by atoms with Crippen molar-refractivity contribution in [3.05, 3.63) is 47.1 Å². The molecule has 0 fully saturated rings. The molecule has 0 radical (unpaired) electrons. The van der Waals surface area contributed by atoms with Gasteiger partial charge in [-0.05, 0) is 40.2 Å². The highest BCUT2D eigenvalue weighted by Crippen LogP contribution is 2.21. The second-order valence-electron chi connectivity index (χ2n) is 3.69. The fourth-order valence-electron chi connectivity index (χ4n) is 1.67. The number of hydrogen-bond acceptors (Lipinski definition) is 3. The van der Waals surface area contributed by atoms with E-state index in [1.54, 1.807) is 4.52 Å². The van der Waals surface area contributed by atoms with Gasteiger partial charge in [0.25, 0.3) is 0 Å². The van der Waals surface area contributed by atoms with Crippen LogP contribution in [0.4, 0.5) is 5.69 Å².